The van der Waals surface area contributed by atoms with Crippen LogP contribution in [-0.4, -0.2) is 5.75 Å². The Hall–Kier alpha value is 1.000. The molecule has 96 valence electrons. The Balaban J connectivity index is 1.92. The summed E-state index contributed by atoms with van der Waals surface area (Å²) >= 11 is 19.1. The third kappa shape index (κ3) is 2.72. The molecule has 2 aromatic heterocycles. The van der Waals surface area contributed by atoms with E-state index in [4.69, 9.17) is 11.6 Å². The minimum Gasteiger partial charge on any atom is -0.157 e. The predicted octanol–water partition coefficient (Wildman–Crippen LogP) is 6.50. The van der Waals surface area contributed by atoms with Gasteiger partial charge in [0.2, 0.25) is 0 Å². The molecule has 0 N–H and O–H groups in total. The Morgan fingerprint density at radius 1 is 1.22 bits per heavy atom. The van der Waals surface area contributed by atoms with Crippen LogP contribution >= 0.6 is 77.9 Å². The number of aryl methyl sites for hydroxylation is 1. The van der Waals surface area contributed by atoms with Crippen LogP contribution in [0.1, 0.15) is 25.0 Å². The van der Waals surface area contributed by atoms with Crippen molar-refractivity contribution in [1.82, 2.24) is 0 Å². The molecule has 2 aromatic rings. The molecule has 0 nitrogen and oxygen atoms in total. The molecule has 0 fully saturated rings. The van der Waals surface area contributed by atoms with Crippen LogP contribution in [0, 0.1) is 0 Å². The van der Waals surface area contributed by atoms with Gasteiger partial charge < -0.3 is 0 Å². The average Bonchev–Trinajstić information content (AvgIpc) is 2.93. The number of hydrogen-bond donors (Lipinski definition) is 0. The summed E-state index contributed by atoms with van der Waals surface area (Å²) in [5.41, 5.74) is 1.53. The molecule has 0 radical (unpaired) electrons. The lowest BCUT2D eigenvalue weighted by molar-refractivity contribution is 1.13. The van der Waals surface area contributed by atoms with E-state index in [1.54, 1.807) is 16.2 Å². The van der Waals surface area contributed by atoms with Gasteiger partial charge in [-0.2, -0.15) is 11.8 Å². The van der Waals surface area contributed by atoms with Crippen LogP contribution in [0.25, 0.3) is 0 Å². The van der Waals surface area contributed by atoms with Crippen LogP contribution in [0.5, 0.6) is 0 Å². The van der Waals surface area contributed by atoms with Crippen molar-refractivity contribution in [3.8, 4) is 0 Å². The molecule has 0 spiro atoms. The Bertz CT molecular complexity index is 533. The predicted molar refractivity (Wildman–Crippen MR) is 92.0 cm³/mol. The molecule has 1 aliphatic heterocycles. The van der Waals surface area contributed by atoms with E-state index in [1.807, 2.05) is 29.2 Å². The van der Waals surface area contributed by atoms with E-state index < -0.39 is 0 Å². The van der Waals surface area contributed by atoms with Gasteiger partial charge in [0.15, 0.2) is 0 Å². The van der Waals surface area contributed by atoms with Crippen LogP contribution < -0.4 is 0 Å². The lowest BCUT2D eigenvalue weighted by atomic mass is 10.2. The van der Waals surface area contributed by atoms with E-state index in [0.717, 1.165) is 8.81 Å². The largest absolute Gasteiger partial charge is 0.157 e. The molecule has 3 heterocycles. The molecule has 1 aliphatic rings. The number of thiophene rings is 2. The minimum absolute atomic E-state index is 0.270. The van der Waals surface area contributed by atoms with E-state index in [0.29, 0.717) is 0 Å². The molecule has 0 aromatic carbocycles. The molecule has 0 saturated carbocycles. The summed E-state index contributed by atoms with van der Waals surface area (Å²) in [6, 6.07) is 4.40. The topological polar surface area (TPSA) is 0 Å². The Labute approximate surface area is 140 Å². The summed E-state index contributed by atoms with van der Waals surface area (Å²) in [5.74, 6) is 2.43. The molecule has 0 amide bonds. The molecular formula is C12H9Br2ClS3. The minimum atomic E-state index is 0.270. The molecular weight excluding hydrogens is 436 g/mol. The van der Waals surface area contributed by atoms with Crippen molar-refractivity contribution in [3.05, 3.63) is 41.1 Å². The van der Waals surface area contributed by atoms with Crippen LogP contribution in [0.4, 0.5) is 0 Å². The number of halogens is 3. The summed E-state index contributed by atoms with van der Waals surface area (Å²) in [5, 5.41) is 0.802. The van der Waals surface area contributed by atoms with Gasteiger partial charge in [0, 0.05) is 20.4 Å². The highest BCUT2D eigenvalue weighted by Gasteiger charge is 2.20. The van der Waals surface area contributed by atoms with Gasteiger partial charge in [0.05, 0.1) is 13.6 Å². The van der Waals surface area contributed by atoms with Crippen molar-refractivity contribution < 1.29 is 0 Å². The highest BCUT2D eigenvalue weighted by molar-refractivity contribution is 9.11. The summed E-state index contributed by atoms with van der Waals surface area (Å²) in [4.78, 5) is 4.49. The van der Waals surface area contributed by atoms with Gasteiger partial charge in [-0.15, -0.1) is 22.7 Å². The van der Waals surface area contributed by atoms with Gasteiger partial charge in [-0.05, 0) is 45.8 Å². The molecule has 3 rings (SSSR count). The molecule has 6 heteroatoms. The van der Waals surface area contributed by atoms with Gasteiger partial charge in [-0.25, -0.2) is 0 Å². The molecule has 1 unspecified atom stereocenters. The van der Waals surface area contributed by atoms with Crippen LogP contribution in [0.15, 0.2) is 15.9 Å². The van der Waals surface area contributed by atoms with Gasteiger partial charge in [0.25, 0.3) is 0 Å². The van der Waals surface area contributed by atoms with Crippen molar-refractivity contribution in [1.29, 1.82) is 0 Å². The van der Waals surface area contributed by atoms with Crippen molar-refractivity contribution in [2.75, 3.05) is 5.75 Å². The maximum Gasteiger partial charge on any atom is 0.0887 e. The van der Waals surface area contributed by atoms with Crippen molar-refractivity contribution in [2.24, 2.45) is 0 Å². The van der Waals surface area contributed by atoms with E-state index in [-0.39, 0.29) is 4.83 Å². The smallest absolute Gasteiger partial charge is 0.0887 e. The first-order valence-corrected chi connectivity index (χ1v) is 10.3. The van der Waals surface area contributed by atoms with E-state index in [2.05, 4.69) is 37.9 Å². The molecule has 18 heavy (non-hydrogen) atoms. The molecule has 1 atom stereocenters. The van der Waals surface area contributed by atoms with Gasteiger partial charge in [-0.3, -0.25) is 0 Å². The van der Waals surface area contributed by atoms with E-state index in [1.165, 1.54) is 33.2 Å². The van der Waals surface area contributed by atoms with E-state index in [9.17, 15) is 0 Å². The number of rotatable bonds is 2. The lowest BCUT2D eigenvalue weighted by Gasteiger charge is -2.08. The fraction of sp³-hybridized carbons (Fsp3) is 0.333. The molecule has 0 saturated heterocycles. The van der Waals surface area contributed by atoms with Crippen LogP contribution in [0.2, 0.25) is 5.02 Å². The Kier molecular flexibility index (Phi) is 4.48. The Morgan fingerprint density at radius 3 is 2.67 bits per heavy atom. The monoisotopic (exact) mass is 442 g/mol. The maximum atomic E-state index is 6.10. The zero-order valence-corrected chi connectivity index (χ0v) is 15.6. The second kappa shape index (κ2) is 5.78. The summed E-state index contributed by atoms with van der Waals surface area (Å²) in [6.07, 6.45) is 1.22. The molecule has 0 aliphatic carbocycles. The number of thioether (sulfide) groups is 1. The van der Waals surface area contributed by atoms with Crippen molar-refractivity contribution >= 4 is 77.9 Å². The summed E-state index contributed by atoms with van der Waals surface area (Å²) in [7, 11) is 0. The number of hydrogen-bond acceptors (Lipinski definition) is 3. The molecule has 0 bridgehead atoms. The van der Waals surface area contributed by atoms with Crippen LogP contribution in [0.3, 0.4) is 0 Å². The lowest BCUT2D eigenvalue weighted by Crippen LogP contribution is -1.96. The highest BCUT2D eigenvalue weighted by atomic mass is 79.9. The zero-order valence-electron chi connectivity index (χ0n) is 9.21. The highest BCUT2D eigenvalue weighted by Crippen LogP contribution is 2.45. The number of fused-ring (bicyclic) bond motifs is 1. The van der Waals surface area contributed by atoms with Gasteiger partial charge >= 0.3 is 0 Å². The van der Waals surface area contributed by atoms with Gasteiger partial charge in [-0.1, -0.05) is 27.5 Å². The first-order valence-electron chi connectivity index (χ1n) is 5.43. The SMILES string of the molecule is Clc1cc(C(Br)c2cc3c(s2)CCSC3)sc1Br. The van der Waals surface area contributed by atoms with Crippen molar-refractivity contribution in [3.63, 3.8) is 0 Å². The third-order valence-electron chi connectivity index (χ3n) is 2.81. The normalized spacial score (nSPS) is 16.6. The summed E-state index contributed by atoms with van der Waals surface area (Å²) in [6.45, 7) is 0. The summed E-state index contributed by atoms with van der Waals surface area (Å²) < 4.78 is 1.01. The van der Waals surface area contributed by atoms with Crippen molar-refractivity contribution in [2.45, 2.75) is 17.0 Å². The van der Waals surface area contributed by atoms with E-state index >= 15 is 0 Å². The third-order valence-corrected chi connectivity index (χ3v) is 9.25. The maximum absolute atomic E-state index is 6.10. The quantitative estimate of drug-likeness (QED) is 0.477. The standard InChI is InChI=1S/C12H9Br2ClS3/c13-11(10-4-7(15)12(14)18-10)9-3-6-5-16-2-1-8(6)17-9/h3-4,11H,1-2,5H2. The number of alkyl halides is 1. The average molecular weight is 445 g/mol. The van der Waals surface area contributed by atoms with Gasteiger partial charge in [0.1, 0.15) is 0 Å². The second-order valence-corrected chi connectivity index (χ2v) is 10.0. The van der Waals surface area contributed by atoms with Crippen LogP contribution in [-0.2, 0) is 12.2 Å². The second-order valence-electron chi connectivity index (χ2n) is 4.03. The zero-order chi connectivity index (χ0) is 12.7. The first kappa shape index (κ1) is 14.0. The first-order chi connectivity index (χ1) is 8.65. The Morgan fingerprint density at radius 2 is 2.00 bits per heavy atom. The fourth-order valence-corrected chi connectivity index (χ4v) is 6.94. The fourth-order valence-electron chi connectivity index (χ4n) is 1.92.